The summed E-state index contributed by atoms with van der Waals surface area (Å²) in [5.74, 6) is 1.96. The fourth-order valence-electron chi connectivity index (χ4n) is 3.41. The van der Waals surface area contributed by atoms with E-state index in [0.717, 1.165) is 38.4 Å². The molecule has 9 heteroatoms. The van der Waals surface area contributed by atoms with Crippen molar-refractivity contribution in [3.63, 3.8) is 0 Å². The molecule has 166 valence electrons. The van der Waals surface area contributed by atoms with Crippen molar-refractivity contribution in [1.29, 1.82) is 0 Å². The molecule has 0 atom stereocenters. The normalized spacial score (nSPS) is 15.6. The van der Waals surface area contributed by atoms with Crippen molar-refractivity contribution in [2.24, 2.45) is 4.99 Å². The number of guanidine groups is 1. The number of halogens is 1. The Kier molecular flexibility index (Phi) is 11.1. The van der Waals surface area contributed by atoms with Crippen molar-refractivity contribution in [3.8, 4) is 11.6 Å². The number of aliphatic imine (C=N–C) groups is 1. The molecule has 3 heterocycles. The van der Waals surface area contributed by atoms with Crippen LogP contribution in [0.3, 0.4) is 0 Å². The smallest absolute Gasteiger partial charge is 0.276 e. The highest BCUT2D eigenvalue weighted by Crippen LogP contribution is 2.13. The summed E-state index contributed by atoms with van der Waals surface area (Å²) in [4.78, 5) is 15.9. The molecule has 0 saturated carbocycles. The summed E-state index contributed by atoms with van der Waals surface area (Å²) in [7, 11) is 0. The molecule has 2 aromatic heterocycles. The molecule has 1 aliphatic rings. The lowest BCUT2D eigenvalue weighted by molar-refractivity contribution is 0.203. The lowest BCUT2D eigenvalue weighted by atomic mass is 10.0. The van der Waals surface area contributed by atoms with Crippen molar-refractivity contribution in [2.75, 3.05) is 32.7 Å². The molecule has 30 heavy (non-hydrogen) atoms. The van der Waals surface area contributed by atoms with Gasteiger partial charge in [-0.2, -0.15) is 4.98 Å². The largest absolute Gasteiger partial charge is 0.357 e. The Hall–Kier alpha value is -1.75. The maximum absolute atomic E-state index is 5.31. The topological polar surface area (TPSA) is 91.5 Å². The van der Waals surface area contributed by atoms with Crippen LogP contribution in [0.25, 0.3) is 11.6 Å². The zero-order valence-electron chi connectivity index (χ0n) is 18.0. The third-order valence-electron chi connectivity index (χ3n) is 5.06. The van der Waals surface area contributed by atoms with E-state index in [-0.39, 0.29) is 24.0 Å². The first-order valence-electron chi connectivity index (χ1n) is 10.8. The van der Waals surface area contributed by atoms with Crippen LogP contribution in [-0.2, 0) is 6.42 Å². The van der Waals surface area contributed by atoms with E-state index in [0.29, 0.717) is 36.4 Å². The predicted molar refractivity (Wildman–Crippen MR) is 130 cm³/mol. The van der Waals surface area contributed by atoms with Gasteiger partial charge in [0, 0.05) is 44.8 Å². The summed E-state index contributed by atoms with van der Waals surface area (Å²) in [6.45, 7) is 9.33. The molecule has 0 radical (unpaired) electrons. The van der Waals surface area contributed by atoms with Gasteiger partial charge in [0.25, 0.3) is 5.89 Å². The van der Waals surface area contributed by atoms with Gasteiger partial charge in [-0.1, -0.05) is 24.6 Å². The number of aromatic nitrogens is 3. The molecule has 0 aromatic carbocycles. The van der Waals surface area contributed by atoms with Crippen molar-refractivity contribution in [3.05, 3.63) is 30.2 Å². The van der Waals surface area contributed by atoms with Crippen molar-refractivity contribution in [2.45, 2.75) is 52.0 Å². The summed E-state index contributed by atoms with van der Waals surface area (Å²) in [5, 5.41) is 11.0. The second kappa shape index (κ2) is 13.5. The van der Waals surface area contributed by atoms with E-state index >= 15 is 0 Å². The first-order chi connectivity index (χ1) is 14.3. The van der Waals surface area contributed by atoms with E-state index in [9.17, 15) is 0 Å². The summed E-state index contributed by atoms with van der Waals surface area (Å²) in [5.41, 5.74) is 0.690. The van der Waals surface area contributed by atoms with Gasteiger partial charge in [0.05, 0.1) is 0 Å². The second-order valence-corrected chi connectivity index (χ2v) is 7.36. The molecule has 0 unspecified atom stereocenters. The maximum atomic E-state index is 5.31. The highest BCUT2D eigenvalue weighted by Gasteiger charge is 2.19. The van der Waals surface area contributed by atoms with Gasteiger partial charge >= 0.3 is 0 Å². The van der Waals surface area contributed by atoms with Gasteiger partial charge in [0.15, 0.2) is 11.8 Å². The average Bonchev–Trinajstić information content (AvgIpc) is 3.23. The summed E-state index contributed by atoms with van der Waals surface area (Å²) < 4.78 is 5.31. The minimum Gasteiger partial charge on any atom is -0.357 e. The molecule has 3 rings (SSSR count). The number of unbranched alkanes of at least 4 members (excludes halogenated alkanes) is 1. The number of pyridine rings is 1. The van der Waals surface area contributed by atoms with Gasteiger partial charge in [-0.05, 0) is 44.9 Å². The molecule has 2 N–H and O–H groups in total. The van der Waals surface area contributed by atoms with Crippen LogP contribution in [0.1, 0.15) is 45.4 Å². The van der Waals surface area contributed by atoms with Crippen LogP contribution in [0.4, 0.5) is 0 Å². The van der Waals surface area contributed by atoms with Crippen LogP contribution in [0.5, 0.6) is 0 Å². The minimum atomic E-state index is 0. The van der Waals surface area contributed by atoms with E-state index in [4.69, 9.17) is 9.52 Å². The Morgan fingerprint density at radius 3 is 2.80 bits per heavy atom. The lowest BCUT2D eigenvalue weighted by Gasteiger charge is -2.33. The first kappa shape index (κ1) is 24.5. The van der Waals surface area contributed by atoms with Gasteiger partial charge in [-0.25, -0.2) is 0 Å². The minimum absolute atomic E-state index is 0. The van der Waals surface area contributed by atoms with Crippen LogP contribution in [-0.4, -0.2) is 64.7 Å². The van der Waals surface area contributed by atoms with E-state index < -0.39 is 0 Å². The molecule has 0 amide bonds. The Morgan fingerprint density at radius 1 is 1.27 bits per heavy atom. The number of nitrogens with zero attached hydrogens (tertiary/aromatic N) is 5. The van der Waals surface area contributed by atoms with Crippen molar-refractivity contribution < 1.29 is 4.52 Å². The van der Waals surface area contributed by atoms with Gasteiger partial charge in [-0.3, -0.25) is 9.98 Å². The quantitative estimate of drug-likeness (QED) is 0.294. The molecule has 1 saturated heterocycles. The van der Waals surface area contributed by atoms with Gasteiger partial charge in [0.2, 0.25) is 0 Å². The number of nitrogens with one attached hydrogen (secondary N) is 2. The highest BCUT2D eigenvalue weighted by molar-refractivity contribution is 14.0. The monoisotopic (exact) mass is 527 g/mol. The SMILES string of the molecule is CCCCN1CCC(NC(=NCCc2noc(-c3ccccn3)n2)NCC)CC1.I. The van der Waals surface area contributed by atoms with Crippen LogP contribution < -0.4 is 10.6 Å². The third-order valence-corrected chi connectivity index (χ3v) is 5.06. The maximum Gasteiger partial charge on any atom is 0.276 e. The molecular weight excluding hydrogens is 493 g/mol. The Morgan fingerprint density at radius 2 is 2.10 bits per heavy atom. The van der Waals surface area contributed by atoms with Crippen LogP contribution >= 0.6 is 24.0 Å². The van der Waals surface area contributed by atoms with Gasteiger partial charge in [-0.15, -0.1) is 24.0 Å². The molecular formula is C21H34IN7O. The first-order valence-corrected chi connectivity index (χ1v) is 10.8. The number of piperidine rings is 1. The molecule has 1 fully saturated rings. The summed E-state index contributed by atoms with van der Waals surface area (Å²) in [6.07, 6.45) is 7.22. The summed E-state index contributed by atoms with van der Waals surface area (Å²) in [6, 6.07) is 6.10. The molecule has 0 aliphatic carbocycles. The average molecular weight is 527 g/mol. The highest BCUT2D eigenvalue weighted by atomic mass is 127. The van der Waals surface area contributed by atoms with Crippen molar-refractivity contribution >= 4 is 29.9 Å². The Balaban J connectivity index is 0.00000320. The van der Waals surface area contributed by atoms with E-state index in [1.807, 2.05) is 18.2 Å². The van der Waals surface area contributed by atoms with E-state index in [2.05, 4.69) is 44.5 Å². The van der Waals surface area contributed by atoms with Crippen LogP contribution in [0, 0.1) is 0 Å². The number of hydrogen-bond donors (Lipinski definition) is 2. The molecule has 8 nitrogen and oxygen atoms in total. The number of rotatable bonds is 9. The lowest BCUT2D eigenvalue weighted by Crippen LogP contribution is -2.48. The Bertz CT molecular complexity index is 745. The number of likely N-dealkylation sites (tertiary alicyclic amines) is 1. The zero-order chi connectivity index (χ0) is 20.3. The predicted octanol–water partition coefficient (Wildman–Crippen LogP) is 3.11. The molecule has 0 bridgehead atoms. The second-order valence-electron chi connectivity index (χ2n) is 7.36. The summed E-state index contributed by atoms with van der Waals surface area (Å²) >= 11 is 0. The Labute approximate surface area is 196 Å². The van der Waals surface area contributed by atoms with Crippen molar-refractivity contribution in [1.82, 2.24) is 30.7 Å². The fourth-order valence-corrected chi connectivity index (χ4v) is 3.41. The van der Waals surface area contributed by atoms with Crippen LogP contribution in [0.15, 0.2) is 33.9 Å². The standard InChI is InChI=1S/C21H33N7O.HI/c1-3-5-14-28-15-10-17(11-16-28)25-21(22-4-2)24-13-9-19-26-20(29-27-19)18-8-6-7-12-23-18;/h6-8,12,17H,3-5,9-11,13-16H2,1-2H3,(H2,22,24,25);1H. The van der Waals surface area contributed by atoms with E-state index in [1.165, 1.54) is 19.4 Å². The molecule has 2 aromatic rings. The fraction of sp³-hybridized carbons (Fsp3) is 0.619. The molecule has 1 aliphatic heterocycles. The zero-order valence-corrected chi connectivity index (χ0v) is 20.3. The molecule has 0 spiro atoms. The van der Waals surface area contributed by atoms with E-state index in [1.54, 1.807) is 6.20 Å². The third kappa shape index (κ3) is 7.82. The number of hydrogen-bond acceptors (Lipinski definition) is 6. The van der Waals surface area contributed by atoms with Gasteiger partial charge < -0.3 is 20.1 Å². The van der Waals surface area contributed by atoms with Crippen LogP contribution in [0.2, 0.25) is 0 Å². The van der Waals surface area contributed by atoms with Gasteiger partial charge in [0.1, 0.15) is 5.69 Å².